The molecule has 0 aromatic heterocycles. The number of carbonyl (C=O) groups excluding carboxylic acids is 3. The minimum absolute atomic E-state index is 0.257. The molecule has 1 heterocycles. The Balaban J connectivity index is 2.58. The van der Waals surface area contributed by atoms with E-state index in [0.717, 1.165) is 4.90 Å². The van der Waals surface area contributed by atoms with Crippen LogP contribution in [0.5, 0.6) is 0 Å². The van der Waals surface area contributed by atoms with Crippen molar-refractivity contribution >= 4 is 35.6 Å². The predicted octanol–water partition coefficient (Wildman–Crippen LogP) is -1.14. The molecule has 106 valence electrons. The average Bonchev–Trinajstić information content (AvgIpc) is 2.32. The number of amides is 4. The summed E-state index contributed by atoms with van der Waals surface area (Å²) in [7, 11) is 0. The Morgan fingerprint density at radius 1 is 1.42 bits per heavy atom. The lowest BCUT2D eigenvalue weighted by Crippen LogP contribution is -2.57. The predicted molar refractivity (Wildman–Crippen MR) is 67.7 cm³/mol. The van der Waals surface area contributed by atoms with Crippen molar-refractivity contribution in [2.45, 2.75) is 12.5 Å². The number of hydrogen-bond donors (Lipinski definition) is 3. The van der Waals surface area contributed by atoms with Gasteiger partial charge < -0.3 is 15.3 Å². The van der Waals surface area contributed by atoms with E-state index in [9.17, 15) is 19.2 Å². The molecule has 0 saturated carbocycles. The largest absolute Gasteiger partial charge is 0.480 e. The van der Waals surface area contributed by atoms with E-state index in [-0.39, 0.29) is 19.5 Å². The van der Waals surface area contributed by atoms with Crippen LogP contribution in [0.1, 0.15) is 6.42 Å². The minimum atomic E-state index is -1.14. The van der Waals surface area contributed by atoms with Gasteiger partial charge in [0, 0.05) is 0 Å². The second-order valence-corrected chi connectivity index (χ2v) is 4.93. The van der Waals surface area contributed by atoms with Crippen molar-refractivity contribution < 1.29 is 24.3 Å². The van der Waals surface area contributed by atoms with Gasteiger partial charge in [0.1, 0.15) is 19.1 Å². The van der Waals surface area contributed by atoms with Crippen molar-refractivity contribution in [3.05, 3.63) is 0 Å². The van der Waals surface area contributed by atoms with Crippen molar-refractivity contribution in [3.8, 4) is 0 Å². The highest BCUT2D eigenvalue weighted by atomic mass is 32.2. The molecule has 0 radical (unpaired) electrons. The Kier molecular flexibility index (Phi) is 5.61. The highest BCUT2D eigenvalue weighted by Gasteiger charge is 2.29. The Morgan fingerprint density at radius 3 is 2.47 bits per heavy atom. The molecule has 1 unspecified atom stereocenters. The fraction of sp³-hybridized carbons (Fsp3) is 0.600. The Bertz CT molecular complexity index is 385. The molecule has 0 aliphatic carbocycles. The molecule has 0 bridgehead atoms. The Hall–Kier alpha value is -1.77. The standard InChI is InChI=1S/C10H15N3O5S/c1-19-3-2-6(9(16)17)11-10(18)13-4-7(14)12-8(15)5-13/h6H,2-5H2,1H3,(H,11,18)(H,16,17)(H,12,14,15). The van der Waals surface area contributed by atoms with Crippen LogP contribution in [0.25, 0.3) is 0 Å². The first-order valence-corrected chi connectivity index (χ1v) is 6.93. The van der Waals surface area contributed by atoms with Crippen LogP contribution >= 0.6 is 11.8 Å². The molecule has 1 saturated heterocycles. The number of urea groups is 1. The smallest absolute Gasteiger partial charge is 0.326 e. The molecule has 0 spiro atoms. The van der Waals surface area contributed by atoms with Crippen LogP contribution < -0.4 is 10.6 Å². The van der Waals surface area contributed by atoms with Crippen molar-refractivity contribution in [2.75, 3.05) is 25.1 Å². The monoisotopic (exact) mass is 289 g/mol. The number of carboxylic acid groups (broad SMARTS) is 1. The summed E-state index contributed by atoms with van der Waals surface area (Å²) in [5.41, 5.74) is 0. The number of nitrogens with zero attached hydrogens (tertiary/aromatic N) is 1. The van der Waals surface area contributed by atoms with Gasteiger partial charge in [0.15, 0.2) is 0 Å². The Labute approximate surface area is 113 Å². The highest BCUT2D eigenvalue weighted by molar-refractivity contribution is 7.98. The molecule has 8 nitrogen and oxygen atoms in total. The van der Waals surface area contributed by atoms with Gasteiger partial charge in [-0.25, -0.2) is 9.59 Å². The van der Waals surface area contributed by atoms with Gasteiger partial charge in [0.2, 0.25) is 11.8 Å². The van der Waals surface area contributed by atoms with E-state index in [0.29, 0.717) is 5.75 Å². The maximum absolute atomic E-state index is 11.8. The summed E-state index contributed by atoms with van der Waals surface area (Å²) in [6.45, 7) is -0.515. The zero-order valence-electron chi connectivity index (χ0n) is 10.3. The average molecular weight is 289 g/mol. The van der Waals surface area contributed by atoms with Crippen LogP contribution in [-0.2, 0) is 14.4 Å². The number of piperazine rings is 1. The summed E-state index contributed by atoms with van der Waals surface area (Å²) < 4.78 is 0. The van der Waals surface area contributed by atoms with Crippen LogP contribution in [0.3, 0.4) is 0 Å². The number of rotatable bonds is 5. The fourth-order valence-electron chi connectivity index (χ4n) is 1.51. The molecule has 19 heavy (non-hydrogen) atoms. The first kappa shape index (κ1) is 15.3. The number of imide groups is 1. The fourth-order valence-corrected chi connectivity index (χ4v) is 1.99. The van der Waals surface area contributed by atoms with Crippen molar-refractivity contribution in [1.29, 1.82) is 0 Å². The van der Waals surface area contributed by atoms with Crippen molar-refractivity contribution in [2.24, 2.45) is 0 Å². The number of aliphatic carboxylic acids is 1. The molecule has 0 aromatic carbocycles. The van der Waals surface area contributed by atoms with E-state index in [2.05, 4.69) is 10.6 Å². The van der Waals surface area contributed by atoms with E-state index in [1.165, 1.54) is 11.8 Å². The van der Waals surface area contributed by atoms with Crippen molar-refractivity contribution in [3.63, 3.8) is 0 Å². The molecule has 0 aromatic rings. The summed E-state index contributed by atoms with van der Waals surface area (Å²) >= 11 is 1.46. The second kappa shape index (κ2) is 6.98. The van der Waals surface area contributed by atoms with Gasteiger partial charge in [-0.15, -0.1) is 0 Å². The lowest BCUT2D eigenvalue weighted by Gasteiger charge is -2.27. The maximum atomic E-state index is 11.8. The van der Waals surface area contributed by atoms with Gasteiger partial charge in [0.05, 0.1) is 0 Å². The lowest BCUT2D eigenvalue weighted by atomic mass is 10.2. The highest BCUT2D eigenvalue weighted by Crippen LogP contribution is 2.03. The zero-order valence-corrected chi connectivity index (χ0v) is 11.2. The summed E-state index contributed by atoms with van der Waals surface area (Å²) in [5.74, 6) is -1.73. The van der Waals surface area contributed by atoms with Gasteiger partial charge in [-0.2, -0.15) is 11.8 Å². The van der Waals surface area contributed by atoms with Gasteiger partial charge >= 0.3 is 12.0 Å². The van der Waals surface area contributed by atoms with E-state index < -0.39 is 29.9 Å². The number of carbonyl (C=O) groups is 4. The van der Waals surface area contributed by atoms with Gasteiger partial charge in [-0.1, -0.05) is 0 Å². The molecule has 1 aliphatic rings. The molecule has 9 heteroatoms. The van der Waals surface area contributed by atoms with E-state index in [1.54, 1.807) is 0 Å². The summed E-state index contributed by atoms with van der Waals surface area (Å²) in [6, 6.07) is -1.75. The molecular formula is C10H15N3O5S. The second-order valence-electron chi connectivity index (χ2n) is 3.95. The van der Waals surface area contributed by atoms with Crippen LogP contribution in [0.2, 0.25) is 0 Å². The molecule has 1 aliphatic heterocycles. The first-order valence-electron chi connectivity index (χ1n) is 5.54. The summed E-state index contributed by atoms with van der Waals surface area (Å²) in [5, 5.41) is 13.3. The van der Waals surface area contributed by atoms with Gasteiger partial charge in [0.25, 0.3) is 0 Å². The first-order chi connectivity index (χ1) is 8.93. The van der Waals surface area contributed by atoms with Crippen LogP contribution in [0.15, 0.2) is 0 Å². The zero-order chi connectivity index (χ0) is 14.4. The molecule has 3 N–H and O–H groups in total. The third-order valence-electron chi connectivity index (χ3n) is 2.44. The molecule has 1 atom stereocenters. The van der Waals surface area contributed by atoms with E-state index >= 15 is 0 Å². The maximum Gasteiger partial charge on any atom is 0.326 e. The molecular weight excluding hydrogens is 274 g/mol. The minimum Gasteiger partial charge on any atom is -0.480 e. The van der Waals surface area contributed by atoms with E-state index in [1.807, 2.05) is 6.26 Å². The summed E-state index contributed by atoms with van der Waals surface area (Å²) in [6.07, 6.45) is 2.10. The number of hydrogen-bond acceptors (Lipinski definition) is 5. The number of carboxylic acids is 1. The third kappa shape index (κ3) is 4.78. The van der Waals surface area contributed by atoms with Gasteiger partial charge in [-0.3, -0.25) is 14.9 Å². The topological polar surface area (TPSA) is 116 Å². The van der Waals surface area contributed by atoms with Crippen LogP contribution in [-0.4, -0.2) is 65.0 Å². The quantitative estimate of drug-likeness (QED) is 0.551. The molecule has 1 rings (SSSR count). The number of thioether (sulfide) groups is 1. The summed E-state index contributed by atoms with van der Waals surface area (Å²) in [4.78, 5) is 45.9. The molecule has 4 amide bonds. The lowest BCUT2D eigenvalue weighted by molar-refractivity contribution is -0.139. The number of nitrogens with one attached hydrogen (secondary N) is 2. The van der Waals surface area contributed by atoms with Gasteiger partial charge in [-0.05, 0) is 18.4 Å². The Morgan fingerprint density at radius 2 is 2.00 bits per heavy atom. The van der Waals surface area contributed by atoms with Crippen LogP contribution in [0.4, 0.5) is 4.79 Å². The SMILES string of the molecule is CSCCC(NC(=O)N1CC(=O)NC(=O)C1)C(=O)O. The van der Waals surface area contributed by atoms with E-state index in [4.69, 9.17) is 5.11 Å². The molecule has 1 fully saturated rings. The third-order valence-corrected chi connectivity index (χ3v) is 3.09. The van der Waals surface area contributed by atoms with Crippen molar-refractivity contribution in [1.82, 2.24) is 15.5 Å². The normalized spacial score (nSPS) is 16.8. The van der Waals surface area contributed by atoms with Crippen LogP contribution in [0, 0.1) is 0 Å².